The number of carboxylic acid groups (broad SMARTS) is 1. The van der Waals surface area contributed by atoms with Gasteiger partial charge in [0.25, 0.3) is 0 Å². The molecule has 0 saturated heterocycles. The average Bonchev–Trinajstić information content (AvgIpc) is 2.36. The third-order valence-electron chi connectivity index (χ3n) is 3.04. The fourth-order valence-electron chi connectivity index (χ4n) is 1.95. The van der Waals surface area contributed by atoms with Crippen molar-refractivity contribution in [3.63, 3.8) is 0 Å². The largest absolute Gasteiger partial charge is 0.481 e. The van der Waals surface area contributed by atoms with Crippen molar-refractivity contribution in [2.24, 2.45) is 0 Å². The minimum Gasteiger partial charge on any atom is -0.481 e. The summed E-state index contributed by atoms with van der Waals surface area (Å²) in [6, 6.07) is 11.7. The average molecular weight is 257 g/mol. The summed E-state index contributed by atoms with van der Waals surface area (Å²) in [6.45, 7) is 2.02. The minimum absolute atomic E-state index is 0.432. The molecule has 0 radical (unpaired) electrons. The second-order valence-electron chi connectivity index (χ2n) is 4.56. The van der Waals surface area contributed by atoms with Gasteiger partial charge in [-0.3, -0.25) is 9.59 Å². The van der Waals surface area contributed by atoms with Gasteiger partial charge in [-0.2, -0.15) is 0 Å². The number of aliphatic carboxylic acids is 1. The lowest BCUT2D eigenvalue weighted by Gasteiger charge is -2.17. The van der Waals surface area contributed by atoms with Gasteiger partial charge in [0.1, 0.15) is 6.42 Å². The van der Waals surface area contributed by atoms with Crippen molar-refractivity contribution in [2.45, 2.75) is 13.3 Å². The SMILES string of the molecule is Cc1ccc2cc(N(C)C(=O)CC(=O)O)ccc2c1. The van der Waals surface area contributed by atoms with Crippen LogP contribution in [0.3, 0.4) is 0 Å². The number of amides is 1. The fourth-order valence-corrected chi connectivity index (χ4v) is 1.95. The second-order valence-corrected chi connectivity index (χ2v) is 4.56. The number of rotatable bonds is 3. The van der Waals surface area contributed by atoms with Gasteiger partial charge in [-0.25, -0.2) is 0 Å². The summed E-state index contributed by atoms with van der Waals surface area (Å²) in [7, 11) is 1.58. The van der Waals surface area contributed by atoms with Crippen molar-refractivity contribution >= 4 is 28.3 Å². The Morgan fingerprint density at radius 1 is 1.11 bits per heavy atom. The molecule has 4 nitrogen and oxygen atoms in total. The maximum atomic E-state index is 11.7. The van der Waals surface area contributed by atoms with Crippen molar-refractivity contribution in [1.29, 1.82) is 0 Å². The van der Waals surface area contributed by atoms with E-state index in [-0.39, 0.29) is 0 Å². The molecule has 19 heavy (non-hydrogen) atoms. The molecule has 2 aromatic rings. The Bertz CT molecular complexity index is 649. The highest BCUT2D eigenvalue weighted by Gasteiger charge is 2.14. The molecule has 0 unspecified atom stereocenters. The number of benzene rings is 2. The Morgan fingerprint density at radius 2 is 1.74 bits per heavy atom. The number of aryl methyl sites for hydroxylation is 1. The first-order valence-electron chi connectivity index (χ1n) is 5.96. The molecule has 0 atom stereocenters. The van der Waals surface area contributed by atoms with Crippen LogP contribution in [0.15, 0.2) is 36.4 Å². The molecule has 0 aliphatic carbocycles. The van der Waals surface area contributed by atoms with E-state index in [1.165, 1.54) is 10.5 Å². The van der Waals surface area contributed by atoms with Crippen LogP contribution in [0, 0.1) is 6.92 Å². The highest BCUT2D eigenvalue weighted by atomic mass is 16.4. The molecule has 0 spiro atoms. The van der Waals surface area contributed by atoms with Gasteiger partial charge in [-0.15, -0.1) is 0 Å². The molecule has 0 fully saturated rings. The first kappa shape index (κ1) is 13.1. The van der Waals surface area contributed by atoms with Gasteiger partial charge in [0, 0.05) is 12.7 Å². The van der Waals surface area contributed by atoms with Gasteiger partial charge in [0.05, 0.1) is 0 Å². The molecule has 0 aliphatic heterocycles. The molecule has 1 amide bonds. The lowest BCUT2D eigenvalue weighted by Crippen LogP contribution is -2.28. The fraction of sp³-hybridized carbons (Fsp3) is 0.200. The molecule has 0 saturated carbocycles. The summed E-state index contributed by atoms with van der Waals surface area (Å²) in [5.41, 5.74) is 1.87. The van der Waals surface area contributed by atoms with E-state index in [1.54, 1.807) is 7.05 Å². The summed E-state index contributed by atoms with van der Waals surface area (Å²) in [4.78, 5) is 23.6. The summed E-state index contributed by atoms with van der Waals surface area (Å²) >= 11 is 0. The van der Waals surface area contributed by atoms with Gasteiger partial charge in [-0.1, -0.05) is 29.8 Å². The highest BCUT2D eigenvalue weighted by molar-refractivity contribution is 6.03. The normalized spacial score (nSPS) is 10.4. The predicted molar refractivity (Wildman–Crippen MR) is 74.3 cm³/mol. The van der Waals surface area contributed by atoms with Crippen LogP contribution in [-0.4, -0.2) is 24.0 Å². The quantitative estimate of drug-likeness (QED) is 0.860. The van der Waals surface area contributed by atoms with Crippen LogP contribution in [0.2, 0.25) is 0 Å². The third-order valence-corrected chi connectivity index (χ3v) is 3.04. The van der Waals surface area contributed by atoms with Crippen LogP contribution in [-0.2, 0) is 9.59 Å². The van der Waals surface area contributed by atoms with E-state index in [0.717, 1.165) is 10.8 Å². The number of carbonyl (C=O) groups excluding carboxylic acids is 1. The van der Waals surface area contributed by atoms with E-state index in [0.29, 0.717) is 5.69 Å². The second kappa shape index (κ2) is 5.10. The van der Waals surface area contributed by atoms with E-state index in [2.05, 4.69) is 6.07 Å². The molecule has 2 aromatic carbocycles. The molecule has 2 rings (SSSR count). The number of anilines is 1. The Kier molecular flexibility index (Phi) is 3.51. The lowest BCUT2D eigenvalue weighted by molar-refractivity contribution is -0.140. The van der Waals surface area contributed by atoms with E-state index in [9.17, 15) is 9.59 Å². The van der Waals surface area contributed by atoms with Crippen LogP contribution in [0.5, 0.6) is 0 Å². The monoisotopic (exact) mass is 257 g/mol. The van der Waals surface area contributed by atoms with Gasteiger partial charge in [-0.05, 0) is 29.8 Å². The number of nitrogens with zero attached hydrogens (tertiary/aromatic N) is 1. The van der Waals surface area contributed by atoms with Gasteiger partial charge >= 0.3 is 5.97 Å². The van der Waals surface area contributed by atoms with Crippen LogP contribution >= 0.6 is 0 Å². The zero-order valence-corrected chi connectivity index (χ0v) is 10.9. The number of hydrogen-bond donors (Lipinski definition) is 1. The molecule has 4 heteroatoms. The summed E-state index contributed by atoms with van der Waals surface area (Å²) in [5.74, 6) is -1.55. The molecular formula is C15H15NO3. The minimum atomic E-state index is -1.12. The van der Waals surface area contributed by atoms with Crippen molar-refractivity contribution < 1.29 is 14.7 Å². The van der Waals surface area contributed by atoms with Crippen LogP contribution in [0.1, 0.15) is 12.0 Å². The van der Waals surface area contributed by atoms with Gasteiger partial charge in [0.2, 0.25) is 5.91 Å². The van der Waals surface area contributed by atoms with Crippen LogP contribution in [0.4, 0.5) is 5.69 Å². The van der Waals surface area contributed by atoms with Gasteiger partial charge < -0.3 is 10.0 Å². The first-order chi connectivity index (χ1) is 8.97. The Hall–Kier alpha value is -2.36. The van der Waals surface area contributed by atoms with Crippen molar-refractivity contribution in [3.8, 4) is 0 Å². The van der Waals surface area contributed by atoms with E-state index >= 15 is 0 Å². The van der Waals surface area contributed by atoms with Gasteiger partial charge in [0.15, 0.2) is 0 Å². The molecule has 0 aliphatic rings. The van der Waals surface area contributed by atoms with E-state index in [1.807, 2.05) is 37.3 Å². The van der Waals surface area contributed by atoms with Crippen LogP contribution in [0.25, 0.3) is 10.8 Å². The Morgan fingerprint density at radius 3 is 2.42 bits per heavy atom. The predicted octanol–water partition coefficient (Wildman–Crippen LogP) is 2.59. The maximum absolute atomic E-state index is 11.7. The number of carbonyl (C=O) groups is 2. The molecule has 0 bridgehead atoms. The molecule has 0 heterocycles. The third kappa shape index (κ3) is 2.91. The lowest BCUT2D eigenvalue weighted by atomic mass is 10.1. The Labute approximate surface area is 111 Å². The Balaban J connectivity index is 2.32. The molecule has 1 N–H and O–H groups in total. The smallest absolute Gasteiger partial charge is 0.312 e. The zero-order valence-electron chi connectivity index (χ0n) is 10.9. The topological polar surface area (TPSA) is 57.6 Å². The zero-order chi connectivity index (χ0) is 14.0. The van der Waals surface area contributed by atoms with Crippen molar-refractivity contribution in [3.05, 3.63) is 42.0 Å². The van der Waals surface area contributed by atoms with Crippen molar-refractivity contribution in [1.82, 2.24) is 0 Å². The van der Waals surface area contributed by atoms with E-state index in [4.69, 9.17) is 5.11 Å². The summed E-state index contributed by atoms with van der Waals surface area (Å²) in [5, 5.41) is 10.8. The van der Waals surface area contributed by atoms with Crippen molar-refractivity contribution in [2.75, 3.05) is 11.9 Å². The number of carboxylic acids is 1. The highest BCUT2D eigenvalue weighted by Crippen LogP contribution is 2.22. The number of fused-ring (bicyclic) bond motifs is 1. The number of hydrogen-bond acceptors (Lipinski definition) is 2. The summed E-state index contributed by atoms with van der Waals surface area (Å²) < 4.78 is 0. The molecule has 98 valence electrons. The summed E-state index contributed by atoms with van der Waals surface area (Å²) in [6.07, 6.45) is -0.498. The first-order valence-corrected chi connectivity index (χ1v) is 5.96. The van der Waals surface area contributed by atoms with E-state index < -0.39 is 18.3 Å². The molecular weight excluding hydrogens is 242 g/mol. The molecule has 0 aromatic heterocycles. The maximum Gasteiger partial charge on any atom is 0.312 e. The standard InChI is InChI=1S/C15H15NO3/c1-10-3-4-12-8-13(6-5-11(12)7-10)16(2)14(17)9-15(18)19/h3-8H,9H2,1-2H3,(H,18,19). The van der Waals surface area contributed by atoms with Crippen LogP contribution < -0.4 is 4.90 Å².